The van der Waals surface area contributed by atoms with E-state index in [-0.39, 0.29) is 0 Å². The molecule has 2 heteroatoms. The van der Waals surface area contributed by atoms with Gasteiger partial charge in [-0.05, 0) is 24.1 Å². The molecule has 0 rings (SSSR count). The van der Waals surface area contributed by atoms with Crippen molar-refractivity contribution < 1.29 is 4.43 Å². The normalized spacial score (nSPS) is 13.0. The molecule has 0 fully saturated rings. The Kier molecular flexibility index (Phi) is 4.90. The molecule has 0 amide bonds. The van der Waals surface area contributed by atoms with Gasteiger partial charge in [0.25, 0.3) is 0 Å². The second-order valence-electron chi connectivity index (χ2n) is 5.19. The third kappa shape index (κ3) is 3.15. The van der Waals surface area contributed by atoms with Gasteiger partial charge < -0.3 is 4.43 Å². The zero-order chi connectivity index (χ0) is 11.4. The molecule has 0 aromatic carbocycles. The fourth-order valence-corrected chi connectivity index (χ4v) is 3.62. The van der Waals surface area contributed by atoms with E-state index >= 15 is 0 Å². The van der Waals surface area contributed by atoms with Crippen LogP contribution in [0.15, 0.2) is 0 Å². The first kappa shape index (κ1) is 13.7. The van der Waals surface area contributed by atoms with E-state index in [1.165, 1.54) is 0 Å². The van der Waals surface area contributed by atoms with Gasteiger partial charge >= 0.3 is 0 Å². The molecule has 1 nitrogen and oxygen atoms in total. The number of hydrogen-bond acceptors (Lipinski definition) is 1. The van der Waals surface area contributed by atoms with Gasteiger partial charge in [0, 0.05) is 13.0 Å². The molecule has 0 saturated heterocycles. The summed E-state index contributed by atoms with van der Waals surface area (Å²) in [6, 6.07) is 0. The minimum Gasteiger partial charge on any atom is -0.416 e. The van der Waals surface area contributed by atoms with Crippen LogP contribution < -0.4 is 0 Å². The minimum atomic E-state index is -1.63. The van der Waals surface area contributed by atoms with Crippen molar-refractivity contribution in [3.8, 4) is 12.3 Å². The van der Waals surface area contributed by atoms with E-state index in [2.05, 4.69) is 46.7 Å². The molecule has 14 heavy (non-hydrogen) atoms. The van der Waals surface area contributed by atoms with Crippen molar-refractivity contribution in [2.45, 2.75) is 52.2 Å². The van der Waals surface area contributed by atoms with Gasteiger partial charge in [-0.15, -0.1) is 12.3 Å². The van der Waals surface area contributed by atoms with Crippen LogP contribution in [-0.2, 0) is 4.43 Å². The maximum atomic E-state index is 5.99. The monoisotopic (exact) mass is 212 g/mol. The van der Waals surface area contributed by atoms with Crippen molar-refractivity contribution in [3.05, 3.63) is 0 Å². The molecule has 0 radical (unpaired) electrons. The highest BCUT2D eigenvalue weighted by Crippen LogP contribution is 2.44. The van der Waals surface area contributed by atoms with Gasteiger partial charge in [-0.1, -0.05) is 27.7 Å². The molecule has 0 bridgehead atoms. The summed E-state index contributed by atoms with van der Waals surface area (Å²) in [6.45, 7) is 14.4. The van der Waals surface area contributed by atoms with Crippen LogP contribution in [0.3, 0.4) is 0 Å². The molecule has 0 aliphatic carbocycles. The van der Waals surface area contributed by atoms with E-state index in [0.717, 1.165) is 6.42 Å². The summed E-state index contributed by atoms with van der Waals surface area (Å²) in [4.78, 5) is 0. The van der Waals surface area contributed by atoms with Crippen LogP contribution in [0.25, 0.3) is 0 Å². The van der Waals surface area contributed by atoms with Crippen molar-refractivity contribution in [3.63, 3.8) is 0 Å². The Morgan fingerprint density at radius 1 is 1.36 bits per heavy atom. The average molecular weight is 212 g/mol. The Balaban J connectivity index is 4.37. The molecule has 0 aliphatic heterocycles. The van der Waals surface area contributed by atoms with Gasteiger partial charge in [-0.25, -0.2) is 0 Å². The second kappa shape index (κ2) is 5.00. The number of hydrogen-bond donors (Lipinski definition) is 0. The van der Waals surface area contributed by atoms with Crippen LogP contribution in [0.5, 0.6) is 0 Å². The summed E-state index contributed by atoms with van der Waals surface area (Å²) in [5.74, 6) is 3.27. The van der Waals surface area contributed by atoms with Crippen molar-refractivity contribution in [2.24, 2.45) is 5.92 Å². The maximum Gasteiger partial charge on any atom is 0.192 e. The smallest absolute Gasteiger partial charge is 0.192 e. The van der Waals surface area contributed by atoms with E-state index < -0.39 is 8.32 Å². The van der Waals surface area contributed by atoms with Crippen LogP contribution in [-0.4, -0.2) is 14.9 Å². The lowest BCUT2D eigenvalue weighted by atomic mass is 9.99. The van der Waals surface area contributed by atoms with Gasteiger partial charge in [0.2, 0.25) is 0 Å². The fraction of sp³-hybridized carbons (Fsp3) is 0.833. The molecular formula is C12H24OSi. The van der Waals surface area contributed by atoms with Gasteiger partial charge in [0.1, 0.15) is 0 Å². The lowest BCUT2D eigenvalue weighted by molar-refractivity contribution is 0.273. The lowest BCUT2D eigenvalue weighted by Crippen LogP contribution is -2.45. The molecule has 0 atom stereocenters. The highest BCUT2D eigenvalue weighted by atomic mass is 28.4. The quantitative estimate of drug-likeness (QED) is 0.384. The first-order valence-corrected chi connectivity index (χ1v) is 8.24. The largest absolute Gasteiger partial charge is 0.416 e. The Morgan fingerprint density at radius 3 is 2.21 bits per heavy atom. The van der Waals surface area contributed by atoms with Crippen LogP contribution in [0.1, 0.15) is 34.1 Å². The van der Waals surface area contributed by atoms with Gasteiger partial charge in [0.05, 0.1) is 0 Å². The summed E-state index contributed by atoms with van der Waals surface area (Å²) in [7, 11) is -1.63. The standard InChI is InChI=1S/C12H24OSi/c1-8-9-10-13-14(6,7)12(4,5)11(2)3/h1,11H,9-10H2,2-7H3. The summed E-state index contributed by atoms with van der Waals surface area (Å²) < 4.78 is 5.99. The van der Waals surface area contributed by atoms with Crippen LogP contribution >= 0.6 is 0 Å². The summed E-state index contributed by atoms with van der Waals surface area (Å²) >= 11 is 0. The van der Waals surface area contributed by atoms with Crippen LogP contribution in [0.2, 0.25) is 18.1 Å². The minimum absolute atomic E-state index is 0.293. The Bertz CT molecular complexity index is 211. The van der Waals surface area contributed by atoms with Gasteiger partial charge in [-0.3, -0.25) is 0 Å². The third-order valence-corrected chi connectivity index (χ3v) is 8.31. The first-order chi connectivity index (χ1) is 6.25. The molecular weight excluding hydrogens is 188 g/mol. The molecule has 0 aromatic rings. The maximum absolute atomic E-state index is 5.99. The Morgan fingerprint density at radius 2 is 1.86 bits per heavy atom. The van der Waals surface area contributed by atoms with E-state index in [9.17, 15) is 0 Å². The first-order valence-electron chi connectivity index (χ1n) is 5.33. The van der Waals surface area contributed by atoms with Crippen LogP contribution in [0, 0.1) is 18.3 Å². The van der Waals surface area contributed by atoms with Crippen molar-refractivity contribution in [1.82, 2.24) is 0 Å². The highest BCUT2D eigenvalue weighted by molar-refractivity contribution is 6.74. The predicted octanol–water partition coefficient (Wildman–Crippen LogP) is 3.67. The topological polar surface area (TPSA) is 9.23 Å². The molecule has 82 valence electrons. The van der Waals surface area contributed by atoms with Crippen molar-refractivity contribution in [2.75, 3.05) is 6.61 Å². The van der Waals surface area contributed by atoms with E-state index in [1.54, 1.807) is 0 Å². The van der Waals surface area contributed by atoms with Crippen molar-refractivity contribution >= 4 is 8.32 Å². The summed E-state index contributed by atoms with van der Waals surface area (Å²) in [6.07, 6.45) is 5.94. The number of rotatable bonds is 5. The zero-order valence-corrected chi connectivity index (χ0v) is 11.5. The zero-order valence-electron chi connectivity index (χ0n) is 10.5. The molecule has 0 heterocycles. The molecule has 0 saturated carbocycles. The molecule has 0 aromatic heterocycles. The summed E-state index contributed by atoms with van der Waals surface area (Å²) in [5, 5.41) is 0.293. The van der Waals surface area contributed by atoms with E-state index in [4.69, 9.17) is 10.8 Å². The van der Waals surface area contributed by atoms with Crippen molar-refractivity contribution in [1.29, 1.82) is 0 Å². The van der Waals surface area contributed by atoms with Gasteiger partial charge in [-0.2, -0.15) is 0 Å². The SMILES string of the molecule is C#CCCO[Si](C)(C)C(C)(C)C(C)C. The summed E-state index contributed by atoms with van der Waals surface area (Å²) in [5.41, 5.74) is 0. The Hall–Kier alpha value is -0.263. The number of terminal acetylenes is 1. The van der Waals surface area contributed by atoms with E-state index in [0.29, 0.717) is 17.6 Å². The van der Waals surface area contributed by atoms with Gasteiger partial charge in [0.15, 0.2) is 8.32 Å². The van der Waals surface area contributed by atoms with E-state index in [1.807, 2.05) is 0 Å². The highest BCUT2D eigenvalue weighted by Gasteiger charge is 2.42. The molecule has 0 spiro atoms. The molecule has 0 N–H and O–H groups in total. The predicted molar refractivity (Wildman–Crippen MR) is 65.8 cm³/mol. The second-order valence-corrected chi connectivity index (χ2v) is 9.79. The van der Waals surface area contributed by atoms with Crippen LogP contribution in [0.4, 0.5) is 0 Å². The third-order valence-electron chi connectivity index (χ3n) is 3.70. The fourth-order valence-electron chi connectivity index (χ4n) is 1.25. The average Bonchev–Trinajstić information content (AvgIpc) is 2.04. The lowest BCUT2D eigenvalue weighted by Gasteiger charge is -2.42. The molecule has 0 unspecified atom stereocenters. The Labute approximate surface area is 90.4 Å². The molecule has 0 aliphatic rings.